The number of hydrogen-bond donors (Lipinski definition) is 0. The molecule has 0 rings (SSSR count). The molecule has 0 heterocycles. The summed E-state index contributed by atoms with van der Waals surface area (Å²) in [6, 6.07) is 0. The van der Waals surface area contributed by atoms with Crippen LogP contribution in [0.1, 0.15) is 304 Å². The molecule has 0 aliphatic carbocycles. The quantitative estimate of drug-likeness (QED) is 0.0345. The van der Waals surface area contributed by atoms with E-state index < -0.39 is 6.10 Å². The van der Waals surface area contributed by atoms with Crippen molar-refractivity contribution in [1.82, 2.24) is 0 Å². The highest BCUT2D eigenvalue weighted by atomic mass is 16.6. The molecular weight excluding hydrogens is 745 g/mol. The van der Waals surface area contributed by atoms with Gasteiger partial charge in [0.2, 0.25) is 0 Å². The maximum absolute atomic E-state index is 12.8. The highest BCUT2D eigenvalue weighted by molar-refractivity contribution is 5.71. The molecule has 0 spiro atoms. The summed E-state index contributed by atoms with van der Waals surface area (Å²) in [6.07, 6.45) is 50.9. The number of unbranched alkanes of at least 4 members (excludes halogenated alkanes) is 35. The van der Waals surface area contributed by atoms with Crippen LogP contribution in [0.3, 0.4) is 0 Å². The van der Waals surface area contributed by atoms with Gasteiger partial charge in [0, 0.05) is 19.3 Å². The second-order valence-electron chi connectivity index (χ2n) is 18.8. The molecule has 0 aromatic carbocycles. The van der Waals surface area contributed by atoms with Crippen LogP contribution >= 0.6 is 0 Å². The highest BCUT2D eigenvalue weighted by Crippen LogP contribution is 2.18. The summed E-state index contributed by atoms with van der Waals surface area (Å²) in [5, 5.41) is 0. The Hall–Kier alpha value is -1.59. The van der Waals surface area contributed by atoms with Crippen LogP contribution in [0.25, 0.3) is 0 Å². The number of ether oxygens (including phenoxy) is 3. The molecule has 0 N–H and O–H groups in total. The van der Waals surface area contributed by atoms with Crippen LogP contribution in [0.2, 0.25) is 0 Å². The van der Waals surface area contributed by atoms with Gasteiger partial charge in [-0.25, -0.2) is 0 Å². The van der Waals surface area contributed by atoms with Gasteiger partial charge in [-0.2, -0.15) is 0 Å². The first-order valence-electron chi connectivity index (χ1n) is 26.9. The van der Waals surface area contributed by atoms with E-state index in [-0.39, 0.29) is 31.1 Å². The van der Waals surface area contributed by atoms with Crippen LogP contribution in [0.15, 0.2) is 0 Å². The van der Waals surface area contributed by atoms with Gasteiger partial charge in [-0.1, -0.05) is 265 Å². The monoisotopic (exact) mass is 849 g/mol. The lowest BCUT2D eigenvalue weighted by molar-refractivity contribution is -0.167. The third-order valence-corrected chi connectivity index (χ3v) is 12.7. The first-order chi connectivity index (χ1) is 29.4. The summed E-state index contributed by atoms with van der Waals surface area (Å²) in [5.41, 5.74) is 0. The second kappa shape index (κ2) is 48.4. The van der Waals surface area contributed by atoms with E-state index in [9.17, 15) is 14.4 Å². The van der Waals surface area contributed by atoms with E-state index in [0.717, 1.165) is 63.7 Å². The van der Waals surface area contributed by atoms with E-state index in [2.05, 4.69) is 27.7 Å². The SMILES string of the molecule is CCCCCCCCCCCCCCCCCCCCCC(=O)OC[C@@H](COC(=O)CCCCCCCCCCC(C)CC)OC(=O)CCCCCCCCCCCCC. The lowest BCUT2D eigenvalue weighted by atomic mass is 9.99. The molecule has 6 heteroatoms. The van der Waals surface area contributed by atoms with E-state index in [0.29, 0.717) is 19.3 Å². The Kier molecular flexibility index (Phi) is 47.2. The highest BCUT2D eigenvalue weighted by Gasteiger charge is 2.19. The minimum Gasteiger partial charge on any atom is -0.462 e. The topological polar surface area (TPSA) is 78.9 Å². The third kappa shape index (κ3) is 45.9. The van der Waals surface area contributed by atoms with Gasteiger partial charge in [0.05, 0.1) is 0 Å². The average molecular weight is 849 g/mol. The van der Waals surface area contributed by atoms with Crippen molar-refractivity contribution in [3.05, 3.63) is 0 Å². The lowest BCUT2D eigenvalue weighted by Gasteiger charge is -2.18. The molecule has 0 amide bonds. The van der Waals surface area contributed by atoms with Gasteiger partial charge < -0.3 is 14.2 Å². The maximum Gasteiger partial charge on any atom is 0.306 e. The number of hydrogen-bond acceptors (Lipinski definition) is 6. The maximum atomic E-state index is 12.8. The summed E-state index contributed by atoms with van der Waals surface area (Å²) in [7, 11) is 0. The van der Waals surface area contributed by atoms with Crippen LogP contribution in [0.4, 0.5) is 0 Å². The van der Waals surface area contributed by atoms with Crippen LogP contribution in [-0.2, 0) is 28.6 Å². The molecule has 60 heavy (non-hydrogen) atoms. The summed E-state index contributed by atoms with van der Waals surface area (Å²) in [4.78, 5) is 37.9. The van der Waals surface area contributed by atoms with Crippen LogP contribution in [-0.4, -0.2) is 37.2 Å². The fourth-order valence-electron chi connectivity index (χ4n) is 8.19. The van der Waals surface area contributed by atoms with E-state index in [4.69, 9.17) is 14.2 Å². The van der Waals surface area contributed by atoms with Crippen molar-refractivity contribution in [2.24, 2.45) is 5.92 Å². The molecule has 2 atom stereocenters. The molecule has 1 unspecified atom stereocenters. The summed E-state index contributed by atoms with van der Waals surface area (Å²) >= 11 is 0. The van der Waals surface area contributed by atoms with Crippen LogP contribution in [0, 0.1) is 5.92 Å². The smallest absolute Gasteiger partial charge is 0.306 e. The zero-order valence-corrected chi connectivity index (χ0v) is 40.9. The van der Waals surface area contributed by atoms with E-state index in [1.807, 2.05) is 0 Å². The van der Waals surface area contributed by atoms with E-state index in [1.165, 1.54) is 199 Å². The molecule has 0 saturated heterocycles. The van der Waals surface area contributed by atoms with Gasteiger partial charge in [0.15, 0.2) is 6.10 Å². The largest absolute Gasteiger partial charge is 0.462 e. The molecule has 0 bridgehead atoms. The van der Waals surface area contributed by atoms with Crippen molar-refractivity contribution in [1.29, 1.82) is 0 Å². The van der Waals surface area contributed by atoms with Crippen molar-refractivity contribution >= 4 is 17.9 Å². The molecule has 6 nitrogen and oxygen atoms in total. The molecule has 0 aliphatic rings. The van der Waals surface area contributed by atoms with Crippen molar-refractivity contribution in [3.63, 3.8) is 0 Å². The Morgan fingerprint density at radius 1 is 0.333 bits per heavy atom. The Balaban J connectivity index is 4.24. The molecule has 0 aromatic heterocycles. The van der Waals surface area contributed by atoms with Gasteiger partial charge in [-0.05, 0) is 25.2 Å². The van der Waals surface area contributed by atoms with Gasteiger partial charge in [0.1, 0.15) is 13.2 Å². The van der Waals surface area contributed by atoms with Crippen molar-refractivity contribution < 1.29 is 28.6 Å². The molecule has 0 aromatic rings. The predicted molar refractivity (Wildman–Crippen MR) is 257 cm³/mol. The summed E-state index contributed by atoms with van der Waals surface area (Å²) in [5.74, 6) is 0.00299. The molecule has 0 saturated carbocycles. The molecule has 0 fully saturated rings. The minimum absolute atomic E-state index is 0.0629. The van der Waals surface area contributed by atoms with E-state index >= 15 is 0 Å². The number of carbonyl (C=O) groups is 3. The number of carbonyl (C=O) groups excluding carboxylic acids is 3. The van der Waals surface area contributed by atoms with Crippen LogP contribution < -0.4 is 0 Å². The van der Waals surface area contributed by atoms with Crippen molar-refractivity contribution in [2.75, 3.05) is 13.2 Å². The Morgan fingerprint density at radius 2 is 0.583 bits per heavy atom. The molecule has 0 radical (unpaired) electrons. The second-order valence-corrected chi connectivity index (χ2v) is 18.8. The zero-order valence-electron chi connectivity index (χ0n) is 40.9. The van der Waals surface area contributed by atoms with Crippen molar-refractivity contribution in [3.8, 4) is 0 Å². The lowest BCUT2D eigenvalue weighted by Crippen LogP contribution is -2.30. The number of rotatable bonds is 49. The van der Waals surface area contributed by atoms with Gasteiger partial charge >= 0.3 is 17.9 Å². The Labute approximate surface area is 374 Å². The third-order valence-electron chi connectivity index (χ3n) is 12.7. The molecule has 0 aliphatic heterocycles. The Morgan fingerprint density at radius 3 is 0.867 bits per heavy atom. The first-order valence-corrected chi connectivity index (χ1v) is 26.9. The fraction of sp³-hybridized carbons (Fsp3) is 0.944. The number of esters is 3. The summed E-state index contributed by atoms with van der Waals surface area (Å²) < 4.78 is 16.8. The van der Waals surface area contributed by atoms with Crippen LogP contribution in [0.5, 0.6) is 0 Å². The fourth-order valence-corrected chi connectivity index (χ4v) is 8.19. The minimum atomic E-state index is -0.761. The zero-order chi connectivity index (χ0) is 43.8. The Bertz CT molecular complexity index is 905. The summed E-state index contributed by atoms with van der Waals surface area (Å²) in [6.45, 7) is 9.03. The van der Waals surface area contributed by atoms with Gasteiger partial charge in [-0.15, -0.1) is 0 Å². The average Bonchev–Trinajstić information content (AvgIpc) is 3.25. The predicted octanol–water partition coefficient (Wildman–Crippen LogP) is 17.5. The molecule has 356 valence electrons. The normalized spacial score (nSPS) is 12.4. The molecular formula is C54H104O6. The first kappa shape index (κ1) is 58.4. The van der Waals surface area contributed by atoms with Crippen molar-refractivity contribution in [2.45, 2.75) is 310 Å². The van der Waals surface area contributed by atoms with Gasteiger partial charge in [0.25, 0.3) is 0 Å². The van der Waals surface area contributed by atoms with Gasteiger partial charge in [-0.3, -0.25) is 14.4 Å². The standard InChI is InChI=1S/C54H104O6/c1-5-8-10-12-14-16-18-19-20-21-22-23-24-25-27-28-33-37-41-45-52(55)58-48-51(60-54(57)47-43-39-35-29-26-17-15-13-11-9-6-2)49-59-53(56)46-42-38-34-31-30-32-36-40-44-50(4)7-3/h50-51H,5-49H2,1-4H3/t50?,51-/m0/s1. The van der Waals surface area contributed by atoms with E-state index in [1.54, 1.807) is 0 Å².